The largest absolute Gasteiger partial charge is 0.513 e. The zero-order valence-corrected chi connectivity index (χ0v) is 6.28. The first kappa shape index (κ1) is 8.58. The van der Waals surface area contributed by atoms with Crippen molar-refractivity contribution in [3.63, 3.8) is 0 Å². The maximum Gasteiger partial charge on any atom is 0.323 e. The van der Waals surface area contributed by atoms with Gasteiger partial charge in [0, 0.05) is 6.42 Å². The van der Waals surface area contributed by atoms with Crippen LogP contribution in [0.1, 0.15) is 12.8 Å². The monoisotopic (exact) mass is 171 g/mol. The molecule has 0 radical (unpaired) electrons. The molecule has 12 heavy (non-hydrogen) atoms. The summed E-state index contributed by atoms with van der Waals surface area (Å²) in [4.78, 5) is 21.5. The quantitative estimate of drug-likeness (QED) is 0.500. The molecule has 1 atom stereocenters. The van der Waals surface area contributed by atoms with Gasteiger partial charge >= 0.3 is 5.97 Å². The standard InChI is InChI=1S/C7H9NO4/c8-5(10)7(6(11)12)2-1-4(9)3-7/h3,9H,1-2H2,(H2,8,10)(H,11,12). The van der Waals surface area contributed by atoms with Gasteiger partial charge in [0.15, 0.2) is 5.41 Å². The molecule has 1 aliphatic rings. The number of aliphatic carboxylic acids is 1. The number of hydrogen-bond acceptors (Lipinski definition) is 3. The maximum atomic E-state index is 10.8. The van der Waals surface area contributed by atoms with Crippen molar-refractivity contribution in [1.82, 2.24) is 0 Å². The van der Waals surface area contributed by atoms with Crippen molar-refractivity contribution < 1.29 is 19.8 Å². The van der Waals surface area contributed by atoms with Crippen LogP contribution in [0.3, 0.4) is 0 Å². The van der Waals surface area contributed by atoms with Gasteiger partial charge in [0.1, 0.15) is 0 Å². The molecule has 4 N–H and O–H groups in total. The summed E-state index contributed by atoms with van der Waals surface area (Å²) in [6.45, 7) is 0. The van der Waals surface area contributed by atoms with Crippen LogP contribution in [0.15, 0.2) is 11.8 Å². The summed E-state index contributed by atoms with van der Waals surface area (Å²) < 4.78 is 0. The minimum Gasteiger partial charge on any atom is -0.513 e. The maximum absolute atomic E-state index is 10.8. The van der Waals surface area contributed by atoms with E-state index in [1.807, 2.05) is 0 Å². The predicted octanol–water partition coefficient (Wildman–Crippen LogP) is -0.222. The number of hydrogen-bond donors (Lipinski definition) is 3. The Morgan fingerprint density at radius 1 is 1.58 bits per heavy atom. The third-order valence-corrected chi connectivity index (χ3v) is 2.01. The Labute approximate surface area is 68.5 Å². The van der Waals surface area contributed by atoms with E-state index in [0.717, 1.165) is 6.08 Å². The second kappa shape index (κ2) is 2.51. The van der Waals surface area contributed by atoms with Crippen molar-refractivity contribution >= 4 is 11.9 Å². The molecule has 0 aromatic rings. The molecule has 0 aliphatic heterocycles. The molecule has 0 aromatic heterocycles. The van der Waals surface area contributed by atoms with E-state index in [0.29, 0.717) is 0 Å². The highest BCUT2D eigenvalue weighted by Crippen LogP contribution is 2.34. The number of carbonyl (C=O) groups excluding carboxylic acids is 1. The highest BCUT2D eigenvalue weighted by atomic mass is 16.4. The number of amides is 1. The molecule has 1 unspecified atom stereocenters. The fourth-order valence-electron chi connectivity index (χ4n) is 1.22. The lowest BCUT2D eigenvalue weighted by atomic mass is 9.87. The second-order valence-electron chi connectivity index (χ2n) is 2.78. The van der Waals surface area contributed by atoms with E-state index in [2.05, 4.69) is 0 Å². The molecule has 0 fully saturated rings. The SMILES string of the molecule is NC(=O)C1(C(=O)O)C=C(O)CC1. The summed E-state index contributed by atoms with van der Waals surface area (Å²) in [5.41, 5.74) is 3.23. The lowest BCUT2D eigenvalue weighted by molar-refractivity contribution is -0.151. The van der Waals surface area contributed by atoms with E-state index >= 15 is 0 Å². The molecule has 0 saturated heterocycles. The first-order valence-electron chi connectivity index (χ1n) is 3.43. The molecule has 0 spiro atoms. The summed E-state index contributed by atoms with van der Waals surface area (Å²) in [6.07, 6.45) is 1.25. The number of primary amides is 1. The van der Waals surface area contributed by atoms with Crippen LogP contribution in [-0.2, 0) is 9.59 Å². The number of aliphatic hydroxyl groups is 1. The van der Waals surface area contributed by atoms with E-state index in [4.69, 9.17) is 15.9 Å². The van der Waals surface area contributed by atoms with E-state index in [1.165, 1.54) is 0 Å². The van der Waals surface area contributed by atoms with Gasteiger partial charge in [-0.25, -0.2) is 0 Å². The molecular weight excluding hydrogens is 162 g/mol. The Bertz CT molecular complexity index is 255. The van der Waals surface area contributed by atoms with Crippen LogP contribution in [-0.4, -0.2) is 22.1 Å². The van der Waals surface area contributed by atoms with Crippen LogP contribution in [0.2, 0.25) is 0 Å². The number of carbonyl (C=O) groups is 2. The van der Waals surface area contributed by atoms with Gasteiger partial charge in [0.2, 0.25) is 5.91 Å². The minimum absolute atomic E-state index is 0.0451. The molecule has 0 saturated carbocycles. The van der Waals surface area contributed by atoms with Crippen molar-refractivity contribution in [1.29, 1.82) is 0 Å². The fourth-order valence-corrected chi connectivity index (χ4v) is 1.22. The first-order chi connectivity index (χ1) is 5.49. The molecular formula is C7H9NO4. The summed E-state index contributed by atoms with van der Waals surface area (Å²) in [5.74, 6) is -2.32. The van der Waals surface area contributed by atoms with Gasteiger partial charge in [-0.15, -0.1) is 0 Å². The van der Waals surface area contributed by atoms with Gasteiger partial charge < -0.3 is 15.9 Å². The fraction of sp³-hybridized carbons (Fsp3) is 0.429. The van der Waals surface area contributed by atoms with Gasteiger partial charge in [-0.2, -0.15) is 0 Å². The van der Waals surface area contributed by atoms with Crippen LogP contribution in [0, 0.1) is 5.41 Å². The molecule has 1 rings (SSSR count). The van der Waals surface area contributed by atoms with Crippen molar-refractivity contribution in [2.75, 3.05) is 0 Å². The Morgan fingerprint density at radius 2 is 2.17 bits per heavy atom. The number of carboxylic acids is 1. The average molecular weight is 171 g/mol. The Kier molecular flexibility index (Phi) is 1.79. The van der Waals surface area contributed by atoms with Gasteiger partial charge in [0.25, 0.3) is 0 Å². The van der Waals surface area contributed by atoms with Crippen LogP contribution < -0.4 is 5.73 Å². The lowest BCUT2D eigenvalue weighted by Crippen LogP contribution is -2.40. The van der Waals surface area contributed by atoms with Crippen molar-refractivity contribution in [2.24, 2.45) is 11.1 Å². The topological polar surface area (TPSA) is 101 Å². The number of rotatable bonds is 2. The molecule has 0 heterocycles. The lowest BCUT2D eigenvalue weighted by Gasteiger charge is -2.15. The van der Waals surface area contributed by atoms with Gasteiger partial charge in [-0.3, -0.25) is 9.59 Å². The molecule has 66 valence electrons. The first-order valence-corrected chi connectivity index (χ1v) is 3.43. The molecule has 0 aromatic carbocycles. The number of nitrogens with two attached hydrogens (primary N) is 1. The highest BCUT2D eigenvalue weighted by Gasteiger charge is 2.46. The third kappa shape index (κ3) is 1.03. The molecule has 5 nitrogen and oxygen atoms in total. The zero-order valence-electron chi connectivity index (χ0n) is 6.28. The molecule has 1 aliphatic carbocycles. The summed E-state index contributed by atoms with van der Waals surface area (Å²) in [6, 6.07) is 0. The van der Waals surface area contributed by atoms with Crippen LogP contribution >= 0.6 is 0 Å². The average Bonchev–Trinajstić information content (AvgIpc) is 2.32. The highest BCUT2D eigenvalue weighted by molar-refractivity contribution is 6.03. The number of carboxylic acid groups (broad SMARTS) is 1. The van der Waals surface area contributed by atoms with Gasteiger partial charge in [-0.1, -0.05) is 0 Å². The van der Waals surface area contributed by atoms with E-state index in [9.17, 15) is 9.59 Å². The third-order valence-electron chi connectivity index (χ3n) is 2.01. The minimum atomic E-state index is -1.69. The second-order valence-corrected chi connectivity index (χ2v) is 2.78. The van der Waals surface area contributed by atoms with Crippen LogP contribution in [0.5, 0.6) is 0 Å². The van der Waals surface area contributed by atoms with Crippen molar-refractivity contribution in [3.8, 4) is 0 Å². The zero-order chi connectivity index (χ0) is 9.35. The predicted molar refractivity (Wildman–Crippen MR) is 39.2 cm³/mol. The Hall–Kier alpha value is -1.52. The van der Waals surface area contributed by atoms with Gasteiger partial charge in [0.05, 0.1) is 5.76 Å². The van der Waals surface area contributed by atoms with E-state index in [1.54, 1.807) is 0 Å². The van der Waals surface area contributed by atoms with E-state index < -0.39 is 17.3 Å². The normalized spacial score (nSPS) is 28.2. The molecule has 1 amide bonds. The number of allylic oxidation sites excluding steroid dienone is 1. The Balaban J connectivity index is 3.06. The number of aliphatic hydroxyl groups excluding tert-OH is 1. The summed E-state index contributed by atoms with van der Waals surface area (Å²) >= 11 is 0. The summed E-state index contributed by atoms with van der Waals surface area (Å²) in [7, 11) is 0. The van der Waals surface area contributed by atoms with Gasteiger partial charge in [-0.05, 0) is 12.5 Å². The summed E-state index contributed by atoms with van der Waals surface area (Å²) in [5, 5.41) is 17.6. The van der Waals surface area contributed by atoms with Crippen LogP contribution in [0.25, 0.3) is 0 Å². The van der Waals surface area contributed by atoms with Crippen LogP contribution in [0.4, 0.5) is 0 Å². The van der Waals surface area contributed by atoms with Crippen molar-refractivity contribution in [2.45, 2.75) is 12.8 Å². The molecule has 5 heteroatoms. The Morgan fingerprint density at radius 3 is 2.33 bits per heavy atom. The van der Waals surface area contributed by atoms with Crippen molar-refractivity contribution in [3.05, 3.63) is 11.8 Å². The molecule has 0 bridgehead atoms. The van der Waals surface area contributed by atoms with E-state index in [-0.39, 0.29) is 18.6 Å². The smallest absolute Gasteiger partial charge is 0.323 e.